The molecule has 0 aromatic carbocycles. The molecule has 0 radical (unpaired) electrons. The van der Waals surface area contributed by atoms with E-state index in [0.717, 1.165) is 33.3 Å². The summed E-state index contributed by atoms with van der Waals surface area (Å²) in [7, 11) is 0. The minimum atomic E-state index is 0.0614. The maximum Gasteiger partial charge on any atom is 0.0887 e. The highest BCUT2D eigenvalue weighted by Gasteiger charge is 2.25. The first-order valence-electron chi connectivity index (χ1n) is 4.46. The van der Waals surface area contributed by atoms with E-state index < -0.39 is 0 Å². The molecule has 2 nitrogen and oxygen atoms in total. The summed E-state index contributed by atoms with van der Waals surface area (Å²) in [6.07, 6.45) is 1.05. The average molecular weight is 297 g/mol. The third-order valence-electron chi connectivity index (χ3n) is 2.47. The van der Waals surface area contributed by atoms with Gasteiger partial charge in [-0.1, -0.05) is 11.6 Å². The lowest BCUT2D eigenvalue weighted by Crippen LogP contribution is -2.20. The Morgan fingerprint density at radius 3 is 3.00 bits per heavy atom. The van der Waals surface area contributed by atoms with Crippen LogP contribution in [0.1, 0.15) is 17.3 Å². The van der Waals surface area contributed by atoms with Crippen LogP contribution in [0.2, 0.25) is 5.02 Å². The lowest BCUT2D eigenvalue weighted by molar-refractivity contribution is 0.181. The smallest absolute Gasteiger partial charge is 0.0887 e. The number of thiophene rings is 1. The van der Waals surface area contributed by atoms with Gasteiger partial charge in [-0.2, -0.15) is 0 Å². The van der Waals surface area contributed by atoms with Crippen LogP contribution in [0.4, 0.5) is 0 Å². The Morgan fingerprint density at radius 2 is 2.50 bits per heavy atom. The molecule has 2 unspecified atom stereocenters. The molecule has 2 heterocycles. The Balaban J connectivity index is 2.13. The van der Waals surface area contributed by atoms with Crippen LogP contribution in [-0.4, -0.2) is 13.2 Å². The van der Waals surface area contributed by atoms with E-state index >= 15 is 0 Å². The van der Waals surface area contributed by atoms with Crippen molar-refractivity contribution in [2.24, 2.45) is 11.7 Å². The fourth-order valence-corrected chi connectivity index (χ4v) is 3.44. The van der Waals surface area contributed by atoms with Gasteiger partial charge in [0.15, 0.2) is 0 Å². The second-order valence-corrected chi connectivity index (χ2v) is 6.23. The van der Waals surface area contributed by atoms with Crippen LogP contribution in [-0.2, 0) is 4.74 Å². The first-order valence-corrected chi connectivity index (χ1v) is 6.45. The topological polar surface area (TPSA) is 35.2 Å². The molecule has 5 heteroatoms. The van der Waals surface area contributed by atoms with Gasteiger partial charge >= 0.3 is 0 Å². The minimum Gasteiger partial charge on any atom is -0.381 e. The Hall–Kier alpha value is 0.390. The van der Waals surface area contributed by atoms with E-state index in [1.54, 1.807) is 11.3 Å². The Kier molecular flexibility index (Phi) is 3.50. The zero-order valence-corrected chi connectivity index (χ0v) is 10.7. The summed E-state index contributed by atoms with van der Waals surface area (Å²) in [6.45, 7) is 1.60. The largest absolute Gasteiger partial charge is 0.381 e. The van der Waals surface area contributed by atoms with Crippen LogP contribution in [0.25, 0.3) is 0 Å². The number of ether oxygens (including phenoxy) is 1. The summed E-state index contributed by atoms with van der Waals surface area (Å²) in [5.41, 5.74) is 6.13. The van der Waals surface area contributed by atoms with Crippen LogP contribution in [0.3, 0.4) is 0 Å². The second-order valence-electron chi connectivity index (χ2n) is 3.42. The average Bonchev–Trinajstić information content (AvgIpc) is 2.76. The number of rotatable bonds is 2. The van der Waals surface area contributed by atoms with Crippen molar-refractivity contribution in [2.45, 2.75) is 12.5 Å². The zero-order valence-electron chi connectivity index (χ0n) is 7.50. The van der Waals surface area contributed by atoms with Gasteiger partial charge in [-0.3, -0.25) is 0 Å². The maximum absolute atomic E-state index is 6.13. The van der Waals surface area contributed by atoms with Crippen LogP contribution in [0.5, 0.6) is 0 Å². The normalized spacial score (nSPS) is 24.1. The fourth-order valence-electron chi connectivity index (χ4n) is 1.60. The molecule has 0 amide bonds. The third kappa shape index (κ3) is 2.14. The monoisotopic (exact) mass is 295 g/mol. The van der Waals surface area contributed by atoms with Crippen LogP contribution < -0.4 is 5.73 Å². The molecule has 0 saturated carbocycles. The molecule has 2 rings (SSSR count). The fraction of sp³-hybridized carbons (Fsp3) is 0.556. The second kappa shape index (κ2) is 4.49. The molecule has 1 fully saturated rings. The molecule has 1 aromatic rings. The van der Waals surface area contributed by atoms with Crippen molar-refractivity contribution in [1.29, 1.82) is 0 Å². The summed E-state index contributed by atoms with van der Waals surface area (Å²) in [5, 5.41) is 0.749. The Bertz CT molecular complexity index is 305. The molecule has 0 bridgehead atoms. The first kappa shape index (κ1) is 10.9. The highest BCUT2D eigenvalue weighted by atomic mass is 79.9. The molecule has 0 aliphatic carbocycles. The molecule has 14 heavy (non-hydrogen) atoms. The quantitative estimate of drug-likeness (QED) is 0.909. The highest BCUT2D eigenvalue weighted by Crippen LogP contribution is 2.38. The van der Waals surface area contributed by atoms with Crippen molar-refractivity contribution >= 4 is 38.9 Å². The molecule has 1 saturated heterocycles. The lowest BCUT2D eigenvalue weighted by atomic mass is 9.99. The molecule has 1 aliphatic heterocycles. The summed E-state index contributed by atoms with van der Waals surface area (Å²) in [6, 6.07) is 2.01. The van der Waals surface area contributed by atoms with E-state index in [-0.39, 0.29) is 6.04 Å². The van der Waals surface area contributed by atoms with Gasteiger partial charge in [0.1, 0.15) is 0 Å². The Labute approximate surface area is 101 Å². The zero-order chi connectivity index (χ0) is 10.1. The van der Waals surface area contributed by atoms with Crippen molar-refractivity contribution in [3.05, 3.63) is 19.8 Å². The number of hydrogen-bond acceptors (Lipinski definition) is 3. The van der Waals surface area contributed by atoms with Gasteiger partial charge in [0.05, 0.1) is 15.4 Å². The van der Waals surface area contributed by atoms with Gasteiger partial charge < -0.3 is 10.5 Å². The lowest BCUT2D eigenvalue weighted by Gasteiger charge is -2.15. The minimum absolute atomic E-state index is 0.0614. The van der Waals surface area contributed by atoms with Gasteiger partial charge in [-0.05, 0) is 28.4 Å². The van der Waals surface area contributed by atoms with Crippen LogP contribution in [0, 0.1) is 5.92 Å². The molecule has 78 valence electrons. The summed E-state index contributed by atoms with van der Waals surface area (Å²) in [5.74, 6) is 0.441. The molecule has 2 atom stereocenters. The number of nitrogens with two attached hydrogens (primary N) is 1. The predicted molar refractivity (Wildman–Crippen MR) is 62.9 cm³/mol. The van der Waals surface area contributed by atoms with E-state index in [1.807, 2.05) is 6.07 Å². The third-order valence-corrected chi connectivity index (χ3v) is 5.04. The van der Waals surface area contributed by atoms with Crippen molar-refractivity contribution in [3.63, 3.8) is 0 Å². The Morgan fingerprint density at radius 1 is 1.71 bits per heavy atom. The van der Waals surface area contributed by atoms with E-state index in [9.17, 15) is 0 Å². The molecule has 0 spiro atoms. The highest BCUT2D eigenvalue weighted by molar-refractivity contribution is 9.11. The molecule has 1 aromatic heterocycles. The summed E-state index contributed by atoms with van der Waals surface area (Å²) in [4.78, 5) is 1.14. The van der Waals surface area contributed by atoms with Gasteiger partial charge in [0, 0.05) is 23.4 Å². The SMILES string of the molecule is NC(c1cc(Cl)c(Br)s1)C1CCOC1. The van der Waals surface area contributed by atoms with Crippen molar-refractivity contribution in [2.75, 3.05) is 13.2 Å². The first-order chi connectivity index (χ1) is 6.68. The van der Waals surface area contributed by atoms with E-state index in [1.165, 1.54) is 0 Å². The van der Waals surface area contributed by atoms with Gasteiger partial charge in [-0.15, -0.1) is 11.3 Å². The van der Waals surface area contributed by atoms with Gasteiger partial charge in [-0.25, -0.2) is 0 Å². The van der Waals surface area contributed by atoms with Crippen molar-refractivity contribution in [3.8, 4) is 0 Å². The van der Waals surface area contributed by atoms with E-state index in [0.29, 0.717) is 5.92 Å². The maximum atomic E-state index is 6.13. The van der Waals surface area contributed by atoms with E-state index in [2.05, 4.69) is 15.9 Å². The van der Waals surface area contributed by atoms with Gasteiger partial charge in [0.2, 0.25) is 0 Å². The standard InChI is InChI=1S/C9H11BrClNOS/c10-9-6(11)3-7(14-9)8(12)5-1-2-13-4-5/h3,5,8H,1-2,4,12H2. The van der Waals surface area contributed by atoms with Crippen molar-refractivity contribution < 1.29 is 4.74 Å². The summed E-state index contributed by atoms with van der Waals surface area (Å²) < 4.78 is 6.28. The van der Waals surface area contributed by atoms with Crippen LogP contribution >= 0.6 is 38.9 Å². The van der Waals surface area contributed by atoms with Crippen molar-refractivity contribution in [1.82, 2.24) is 0 Å². The number of hydrogen-bond donors (Lipinski definition) is 1. The predicted octanol–water partition coefficient (Wildman–Crippen LogP) is 3.20. The number of halogens is 2. The summed E-state index contributed by atoms with van der Waals surface area (Å²) >= 11 is 11.0. The molecular formula is C9H11BrClNOS. The van der Waals surface area contributed by atoms with Gasteiger partial charge in [0.25, 0.3) is 0 Å². The molecule has 1 aliphatic rings. The molecule has 2 N–H and O–H groups in total. The molecular weight excluding hydrogens is 286 g/mol. The van der Waals surface area contributed by atoms with E-state index in [4.69, 9.17) is 22.1 Å². The van der Waals surface area contributed by atoms with Crippen LogP contribution in [0.15, 0.2) is 9.85 Å².